The van der Waals surface area contributed by atoms with E-state index < -0.39 is 16.1 Å². The molecule has 0 nitrogen and oxygen atoms in total. The van der Waals surface area contributed by atoms with E-state index in [4.69, 9.17) is 0 Å². The minimum absolute atomic E-state index is 0.595. The number of aryl methyl sites for hydroxylation is 1. The van der Waals surface area contributed by atoms with E-state index in [1.807, 2.05) is 5.20 Å². The molecule has 0 aromatic heterocycles. The van der Waals surface area contributed by atoms with Crippen molar-refractivity contribution in [2.24, 2.45) is 5.92 Å². The van der Waals surface area contributed by atoms with Gasteiger partial charge >= 0.3 is 0 Å². The third kappa shape index (κ3) is 3.60. The maximum absolute atomic E-state index is 2.64. The van der Waals surface area contributed by atoms with Crippen molar-refractivity contribution in [2.75, 3.05) is 0 Å². The van der Waals surface area contributed by atoms with Gasteiger partial charge in [0.05, 0.1) is 8.07 Å². The lowest BCUT2D eigenvalue weighted by molar-refractivity contribution is 0.814. The van der Waals surface area contributed by atoms with E-state index in [-0.39, 0.29) is 0 Å². The van der Waals surface area contributed by atoms with Crippen LogP contribution in [0.25, 0.3) is 0 Å². The molecule has 1 aromatic carbocycles. The van der Waals surface area contributed by atoms with Crippen molar-refractivity contribution in [1.82, 2.24) is 0 Å². The van der Waals surface area contributed by atoms with Gasteiger partial charge in [0, 0.05) is 0 Å². The summed E-state index contributed by atoms with van der Waals surface area (Å²) < 4.78 is 0. The molecule has 2 rings (SSSR count). The maximum atomic E-state index is 2.64. The predicted molar refractivity (Wildman–Crippen MR) is 130 cm³/mol. The van der Waals surface area contributed by atoms with Gasteiger partial charge in [-0.15, -0.1) is 0 Å². The van der Waals surface area contributed by atoms with E-state index in [1.54, 1.807) is 27.1 Å². The normalized spacial score (nSPS) is 19.1. The van der Waals surface area contributed by atoms with Crippen LogP contribution >= 0.6 is 0 Å². The van der Waals surface area contributed by atoms with Gasteiger partial charge in [-0.2, -0.15) is 0 Å². The van der Waals surface area contributed by atoms with E-state index in [0.29, 0.717) is 17.0 Å². The Morgan fingerprint density at radius 1 is 0.741 bits per heavy atom. The summed E-state index contributed by atoms with van der Waals surface area (Å²) in [5, 5.41) is 5.13. The SMILES string of the molecule is CC1=C(C)C(C)C([Si](c2cc(C)cc([Si](C)(C)C)c2)(C(C)C)C(C)C)=C1C. The highest BCUT2D eigenvalue weighted by molar-refractivity contribution is 7.00. The monoisotopic (exact) mass is 398 g/mol. The van der Waals surface area contributed by atoms with Crippen LogP contribution in [0.1, 0.15) is 61.0 Å². The molecule has 1 unspecified atom stereocenters. The quantitative estimate of drug-likeness (QED) is 0.475. The molecule has 1 atom stereocenters. The maximum Gasteiger partial charge on any atom is 0.119 e. The first kappa shape index (κ1) is 22.4. The minimum Gasteiger partial charge on any atom is -0.0656 e. The Hall–Kier alpha value is -0.866. The van der Waals surface area contributed by atoms with Gasteiger partial charge in [-0.1, -0.05) is 105 Å². The third-order valence-corrected chi connectivity index (χ3v) is 15.9. The van der Waals surface area contributed by atoms with E-state index >= 15 is 0 Å². The summed E-state index contributed by atoms with van der Waals surface area (Å²) in [4.78, 5) is 0. The van der Waals surface area contributed by atoms with E-state index in [1.165, 1.54) is 5.56 Å². The van der Waals surface area contributed by atoms with Gasteiger partial charge in [0.2, 0.25) is 0 Å². The van der Waals surface area contributed by atoms with Gasteiger partial charge in [-0.05, 0) is 50.3 Å². The molecule has 0 fully saturated rings. The summed E-state index contributed by atoms with van der Waals surface area (Å²) in [7, 11) is -3.23. The molecule has 150 valence electrons. The number of benzene rings is 1. The molecule has 0 heterocycles. The van der Waals surface area contributed by atoms with E-state index in [9.17, 15) is 0 Å². The summed E-state index contributed by atoms with van der Waals surface area (Å²) in [6.07, 6.45) is 0. The van der Waals surface area contributed by atoms with Crippen molar-refractivity contribution >= 4 is 26.5 Å². The number of hydrogen-bond acceptors (Lipinski definition) is 0. The largest absolute Gasteiger partial charge is 0.119 e. The molecule has 0 saturated heterocycles. The molecule has 0 bridgehead atoms. The molecule has 0 N–H and O–H groups in total. The Morgan fingerprint density at radius 2 is 1.22 bits per heavy atom. The number of rotatable bonds is 5. The Balaban J connectivity index is 2.89. The second-order valence-corrected chi connectivity index (χ2v) is 20.8. The van der Waals surface area contributed by atoms with Crippen LogP contribution < -0.4 is 10.4 Å². The molecular formula is C25H42Si2. The van der Waals surface area contributed by atoms with Crippen LogP contribution in [0.5, 0.6) is 0 Å². The van der Waals surface area contributed by atoms with Crippen molar-refractivity contribution in [3.63, 3.8) is 0 Å². The summed E-state index contributed by atoms with van der Waals surface area (Å²) in [5.41, 5.74) is 7.59. The smallest absolute Gasteiger partial charge is 0.0656 e. The Morgan fingerprint density at radius 3 is 1.59 bits per heavy atom. The lowest BCUT2D eigenvalue weighted by Crippen LogP contribution is -2.58. The molecule has 1 aliphatic carbocycles. The number of hydrogen-bond donors (Lipinski definition) is 0. The second kappa shape index (κ2) is 7.52. The van der Waals surface area contributed by atoms with Crippen LogP contribution in [0, 0.1) is 12.8 Å². The molecule has 27 heavy (non-hydrogen) atoms. The van der Waals surface area contributed by atoms with Crippen LogP contribution in [-0.4, -0.2) is 16.1 Å². The minimum atomic E-state index is -1.88. The topological polar surface area (TPSA) is 0 Å². The average molecular weight is 399 g/mol. The molecule has 0 saturated carbocycles. The summed E-state index contributed by atoms with van der Waals surface area (Å²) >= 11 is 0. The lowest BCUT2D eigenvalue weighted by Gasteiger charge is -2.45. The number of allylic oxidation sites excluding steroid dienone is 4. The molecule has 0 spiro atoms. The third-order valence-electron chi connectivity index (χ3n) is 7.33. The van der Waals surface area contributed by atoms with Crippen molar-refractivity contribution in [3.05, 3.63) is 45.7 Å². The van der Waals surface area contributed by atoms with Crippen LogP contribution in [0.15, 0.2) is 40.1 Å². The Bertz CT molecular complexity index is 777. The van der Waals surface area contributed by atoms with Gasteiger partial charge in [0.25, 0.3) is 0 Å². The first-order chi connectivity index (χ1) is 12.3. The van der Waals surface area contributed by atoms with Gasteiger partial charge < -0.3 is 0 Å². The van der Waals surface area contributed by atoms with E-state index in [2.05, 4.69) is 100 Å². The Labute approximate surface area is 171 Å². The molecule has 0 amide bonds. The highest BCUT2D eigenvalue weighted by Gasteiger charge is 2.49. The predicted octanol–water partition coefficient (Wildman–Crippen LogP) is 6.86. The van der Waals surface area contributed by atoms with E-state index in [0.717, 1.165) is 0 Å². The Kier molecular flexibility index (Phi) is 6.24. The van der Waals surface area contributed by atoms with Crippen molar-refractivity contribution in [2.45, 2.75) is 93.0 Å². The highest BCUT2D eigenvalue weighted by atomic mass is 28.3. The van der Waals surface area contributed by atoms with Crippen LogP contribution in [0.4, 0.5) is 0 Å². The van der Waals surface area contributed by atoms with Crippen LogP contribution in [0.3, 0.4) is 0 Å². The molecule has 1 aliphatic rings. The van der Waals surface area contributed by atoms with Gasteiger partial charge in [-0.3, -0.25) is 0 Å². The molecule has 2 heteroatoms. The van der Waals surface area contributed by atoms with Crippen LogP contribution in [0.2, 0.25) is 30.7 Å². The summed E-state index contributed by atoms with van der Waals surface area (Å²) in [5.74, 6) is 0.595. The molecule has 0 aliphatic heterocycles. The van der Waals surface area contributed by atoms with Crippen molar-refractivity contribution in [1.29, 1.82) is 0 Å². The zero-order valence-corrected chi connectivity index (χ0v) is 22.0. The van der Waals surface area contributed by atoms with Gasteiger partial charge in [0.1, 0.15) is 8.07 Å². The first-order valence-corrected chi connectivity index (χ1v) is 16.4. The standard InChI is InChI=1S/C25H42Si2/c1-16(2)27(17(3)4,25-21(8)19(6)20(7)22(25)9)24-14-18(5)13-23(15-24)26(10,11)12/h13-17,21H,1-12H3. The zero-order valence-electron chi connectivity index (χ0n) is 20.0. The zero-order chi connectivity index (χ0) is 20.9. The fourth-order valence-corrected chi connectivity index (χ4v) is 13.8. The van der Waals surface area contributed by atoms with Gasteiger partial charge in [0.15, 0.2) is 0 Å². The fourth-order valence-electron chi connectivity index (χ4n) is 5.60. The summed E-state index contributed by atoms with van der Waals surface area (Å²) in [6.45, 7) is 29.3. The lowest BCUT2D eigenvalue weighted by atomic mass is 10.1. The van der Waals surface area contributed by atoms with Crippen LogP contribution in [-0.2, 0) is 0 Å². The fraction of sp³-hybridized carbons (Fsp3) is 0.600. The van der Waals surface area contributed by atoms with Gasteiger partial charge in [-0.25, -0.2) is 0 Å². The van der Waals surface area contributed by atoms with Crippen molar-refractivity contribution in [3.8, 4) is 0 Å². The average Bonchev–Trinajstić information content (AvgIpc) is 2.71. The molecular weight excluding hydrogens is 356 g/mol. The first-order valence-electron chi connectivity index (χ1n) is 10.8. The van der Waals surface area contributed by atoms with Crippen molar-refractivity contribution < 1.29 is 0 Å². The highest BCUT2D eigenvalue weighted by Crippen LogP contribution is 2.49. The summed E-state index contributed by atoms with van der Waals surface area (Å²) in [6, 6.07) is 7.65. The second-order valence-electron chi connectivity index (χ2n) is 10.6. The molecule has 0 radical (unpaired) electrons. The molecule has 1 aromatic rings.